The van der Waals surface area contributed by atoms with Gasteiger partial charge in [0.1, 0.15) is 11.5 Å². The fourth-order valence-corrected chi connectivity index (χ4v) is 2.21. The van der Waals surface area contributed by atoms with Crippen molar-refractivity contribution in [3.05, 3.63) is 59.2 Å². The van der Waals surface area contributed by atoms with Crippen LogP contribution < -0.4 is 9.47 Å². The zero-order valence-electron chi connectivity index (χ0n) is 12.1. The minimum absolute atomic E-state index is 0.545. The van der Waals surface area contributed by atoms with Crippen LogP contribution in [0.2, 0.25) is 0 Å². The standard InChI is InChI=1S/C17H20O3/c1-12-4-9-17(20-3)15(10-12)16(18)11-13-5-7-14(19-2)8-6-13/h4-10,16,18H,11H2,1-3H3. The molecule has 0 amide bonds. The molecule has 1 unspecified atom stereocenters. The van der Waals surface area contributed by atoms with Gasteiger partial charge in [0.05, 0.1) is 20.3 Å². The third kappa shape index (κ3) is 3.31. The van der Waals surface area contributed by atoms with Crippen molar-refractivity contribution in [1.82, 2.24) is 0 Å². The van der Waals surface area contributed by atoms with Gasteiger partial charge in [-0.05, 0) is 36.8 Å². The lowest BCUT2D eigenvalue weighted by molar-refractivity contribution is 0.174. The van der Waals surface area contributed by atoms with E-state index in [-0.39, 0.29) is 0 Å². The Hall–Kier alpha value is -2.00. The Morgan fingerprint density at radius 2 is 1.70 bits per heavy atom. The second kappa shape index (κ2) is 6.44. The minimum atomic E-state index is -0.585. The molecule has 1 N–H and O–H groups in total. The molecule has 2 aromatic rings. The summed E-state index contributed by atoms with van der Waals surface area (Å²) in [4.78, 5) is 0. The Morgan fingerprint density at radius 3 is 2.30 bits per heavy atom. The van der Waals surface area contributed by atoms with Crippen LogP contribution in [0.1, 0.15) is 22.8 Å². The van der Waals surface area contributed by atoms with Crippen molar-refractivity contribution in [3.63, 3.8) is 0 Å². The average molecular weight is 272 g/mol. The van der Waals surface area contributed by atoms with E-state index in [1.54, 1.807) is 14.2 Å². The van der Waals surface area contributed by atoms with Gasteiger partial charge in [0.15, 0.2) is 0 Å². The van der Waals surface area contributed by atoms with Crippen LogP contribution in [-0.4, -0.2) is 19.3 Å². The second-order valence-electron chi connectivity index (χ2n) is 4.81. The van der Waals surface area contributed by atoms with E-state index in [9.17, 15) is 5.11 Å². The van der Waals surface area contributed by atoms with Crippen molar-refractivity contribution in [2.45, 2.75) is 19.4 Å². The van der Waals surface area contributed by atoms with Crippen LogP contribution in [-0.2, 0) is 6.42 Å². The van der Waals surface area contributed by atoms with Gasteiger partial charge in [-0.1, -0.05) is 23.8 Å². The molecule has 0 fully saturated rings. The van der Waals surface area contributed by atoms with Gasteiger partial charge in [-0.15, -0.1) is 0 Å². The topological polar surface area (TPSA) is 38.7 Å². The maximum Gasteiger partial charge on any atom is 0.124 e. The summed E-state index contributed by atoms with van der Waals surface area (Å²) in [5.41, 5.74) is 2.99. The Labute approximate surface area is 119 Å². The minimum Gasteiger partial charge on any atom is -0.497 e. The third-order valence-electron chi connectivity index (χ3n) is 3.33. The van der Waals surface area contributed by atoms with Gasteiger partial charge in [-0.2, -0.15) is 0 Å². The van der Waals surface area contributed by atoms with E-state index in [1.807, 2.05) is 49.4 Å². The maximum atomic E-state index is 10.4. The number of rotatable bonds is 5. The predicted octanol–water partition coefficient (Wildman–Crippen LogP) is 3.29. The van der Waals surface area contributed by atoms with Gasteiger partial charge in [0.25, 0.3) is 0 Å². The SMILES string of the molecule is COc1ccc(CC(O)c2cc(C)ccc2OC)cc1. The summed E-state index contributed by atoms with van der Waals surface area (Å²) in [6, 6.07) is 13.6. The van der Waals surface area contributed by atoms with Crippen LogP contribution in [0.5, 0.6) is 11.5 Å². The summed E-state index contributed by atoms with van der Waals surface area (Å²) >= 11 is 0. The summed E-state index contributed by atoms with van der Waals surface area (Å²) in [6.45, 7) is 2.00. The number of hydrogen-bond acceptors (Lipinski definition) is 3. The molecule has 2 aromatic carbocycles. The molecular formula is C17H20O3. The van der Waals surface area contributed by atoms with Crippen LogP contribution in [0, 0.1) is 6.92 Å². The smallest absolute Gasteiger partial charge is 0.124 e. The first kappa shape index (κ1) is 14.4. The van der Waals surface area contributed by atoms with Gasteiger partial charge < -0.3 is 14.6 Å². The molecule has 20 heavy (non-hydrogen) atoms. The van der Waals surface area contributed by atoms with E-state index in [0.717, 1.165) is 28.2 Å². The van der Waals surface area contributed by atoms with E-state index in [1.165, 1.54) is 0 Å². The lowest BCUT2D eigenvalue weighted by atomic mass is 9.99. The molecular weight excluding hydrogens is 252 g/mol. The van der Waals surface area contributed by atoms with Crippen LogP contribution in [0.3, 0.4) is 0 Å². The normalized spacial score (nSPS) is 12.0. The van der Waals surface area contributed by atoms with Crippen molar-refractivity contribution < 1.29 is 14.6 Å². The van der Waals surface area contributed by atoms with Gasteiger partial charge in [-0.3, -0.25) is 0 Å². The Kier molecular flexibility index (Phi) is 4.64. The van der Waals surface area contributed by atoms with Crippen LogP contribution >= 0.6 is 0 Å². The first-order valence-corrected chi connectivity index (χ1v) is 6.59. The average Bonchev–Trinajstić information content (AvgIpc) is 2.48. The number of methoxy groups -OCH3 is 2. The largest absolute Gasteiger partial charge is 0.497 e. The highest BCUT2D eigenvalue weighted by molar-refractivity contribution is 5.39. The van der Waals surface area contributed by atoms with E-state index >= 15 is 0 Å². The first-order chi connectivity index (χ1) is 9.63. The monoisotopic (exact) mass is 272 g/mol. The van der Waals surface area contributed by atoms with E-state index in [0.29, 0.717) is 6.42 Å². The lowest BCUT2D eigenvalue weighted by Gasteiger charge is -2.16. The van der Waals surface area contributed by atoms with Gasteiger partial charge in [0, 0.05) is 12.0 Å². The molecule has 0 aromatic heterocycles. The lowest BCUT2D eigenvalue weighted by Crippen LogP contribution is -2.04. The molecule has 0 aliphatic carbocycles. The highest BCUT2D eigenvalue weighted by Crippen LogP contribution is 2.29. The number of aliphatic hydroxyl groups is 1. The van der Waals surface area contributed by atoms with Gasteiger partial charge in [0.2, 0.25) is 0 Å². The number of aryl methyl sites for hydroxylation is 1. The molecule has 3 heteroatoms. The molecule has 0 aliphatic heterocycles. The predicted molar refractivity (Wildman–Crippen MR) is 79.4 cm³/mol. The van der Waals surface area contributed by atoms with Gasteiger partial charge >= 0.3 is 0 Å². The molecule has 2 rings (SSSR count). The van der Waals surface area contributed by atoms with Crippen molar-refractivity contribution in [2.24, 2.45) is 0 Å². The third-order valence-corrected chi connectivity index (χ3v) is 3.33. The Bertz CT molecular complexity index is 561. The van der Waals surface area contributed by atoms with E-state index < -0.39 is 6.10 Å². The molecule has 106 valence electrons. The van der Waals surface area contributed by atoms with Crippen molar-refractivity contribution >= 4 is 0 Å². The number of hydrogen-bond donors (Lipinski definition) is 1. The molecule has 0 saturated carbocycles. The molecule has 0 saturated heterocycles. The zero-order chi connectivity index (χ0) is 14.5. The number of aliphatic hydroxyl groups excluding tert-OH is 1. The molecule has 0 aliphatic rings. The molecule has 1 atom stereocenters. The zero-order valence-corrected chi connectivity index (χ0v) is 12.1. The fraction of sp³-hybridized carbons (Fsp3) is 0.294. The maximum absolute atomic E-state index is 10.4. The molecule has 0 heterocycles. The molecule has 0 spiro atoms. The highest BCUT2D eigenvalue weighted by atomic mass is 16.5. The van der Waals surface area contributed by atoms with Crippen LogP contribution in [0.15, 0.2) is 42.5 Å². The van der Waals surface area contributed by atoms with Crippen molar-refractivity contribution in [1.29, 1.82) is 0 Å². The van der Waals surface area contributed by atoms with Crippen molar-refractivity contribution in [3.8, 4) is 11.5 Å². The first-order valence-electron chi connectivity index (χ1n) is 6.59. The number of ether oxygens (including phenoxy) is 2. The van der Waals surface area contributed by atoms with Gasteiger partial charge in [-0.25, -0.2) is 0 Å². The summed E-state index contributed by atoms with van der Waals surface area (Å²) < 4.78 is 10.4. The molecule has 0 bridgehead atoms. The quantitative estimate of drug-likeness (QED) is 0.907. The molecule has 3 nitrogen and oxygen atoms in total. The summed E-state index contributed by atoms with van der Waals surface area (Å²) in [6.07, 6.45) is -0.0395. The highest BCUT2D eigenvalue weighted by Gasteiger charge is 2.14. The number of benzene rings is 2. The second-order valence-corrected chi connectivity index (χ2v) is 4.81. The van der Waals surface area contributed by atoms with Crippen molar-refractivity contribution in [2.75, 3.05) is 14.2 Å². The van der Waals surface area contributed by atoms with E-state index in [4.69, 9.17) is 9.47 Å². The summed E-state index contributed by atoms with van der Waals surface area (Å²) in [5, 5.41) is 10.4. The Balaban J connectivity index is 2.18. The van der Waals surface area contributed by atoms with E-state index in [2.05, 4.69) is 0 Å². The Morgan fingerprint density at radius 1 is 1.00 bits per heavy atom. The fourth-order valence-electron chi connectivity index (χ4n) is 2.21. The van der Waals surface area contributed by atoms with Crippen LogP contribution in [0.25, 0.3) is 0 Å². The summed E-state index contributed by atoms with van der Waals surface area (Å²) in [7, 11) is 3.26. The van der Waals surface area contributed by atoms with Crippen LogP contribution in [0.4, 0.5) is 0 Å². The molecule has 0 radical (unpaired) electrons. The summed E-state index contributed by atoms with van der Waals surface area (Å²) in [5.74, 6) is 1.54.